The van der Waals surface area contributed by atoms with E-state index in [1.165, 1.54) is 19.1 Å². The molecular weight excluding hydrogens is 226 g/mol. The molecule has 0 saturated heterocycles. The summed E-state index contributed by atoms with van der Waals surface area (Å²) in [6.45, 7) is 1.51. The van der Waals surface area contributed by atoms with E-state index in [0.717, 1.165) is 6.07 Å². The van der Waals surface area contributed by atoms with E-state index in [1.807, 2.05) is 5.43 Å². The Bertz CT molecular complexity index is 496. The highest BCUT2D eigenvalue weighted by Gasteiger charge is 2.09. The molecule has 0 unspecified atom stereocenters. The summed E-state index contributed by atoms with van der Waals surface area (Å²) >= 11 is 0. The van der Waals surface area contributed by atoms with Gasteiger partial charge in [-0.15, -0.1) is 0 Å². The molecular formula is C10H11N3O4. The number of nitrogens with zero attached hydrogens (tertiary/aromatic N) is 1. The van der Waals surface area contributed by atoms with Crippen LogP contribution in [0.2, 0.25) is 0 Å². The maximum Gasteiger partial charge on any atom is 0.329 e. The van der Waals surface area contributed by atoms with Gasteiger partial charge in [-0.05, 0) is 19.1 Å². The van der Waals surface area contributed by atoms with Gasteiger partial charge in [0, 0.05) is 11.6 Å². The number of carbonyl (C=O) groups is 2. The Morgan fingerprint density at radius 3 is 2.53 bits per heavy atom. The van der Waals surface area contributed by atoms with E-state index in [2.05, 4.69) is 5.10 Å². The first kappa shape index (κ1) is 12.5. The molecule has 1 aromatic rings. The van der Waals surface area contributed by atoms with E-state index in [1.54, 1.807) is 0 Å². The summed E-state index contributed by atoms with van der Waals surface area (Å²) in [6, 6.07) is 3.90. The first-order valence-corrected chi connectivity index (χ1v) is 4.58. The van der Waals surface area contributed by atoms with E-state index in [-0.39, 0.29) is 17.2 Å². The number of rotatable bonds is 2. The summed E-state index contributed by atoms with van der Waals surface area (Å²) in [5, 5.41) is 22.2. The predicted octanol–water partition coefficient (Wildman–Crippen LogP) is -0.577. The number of amides is 2. The minimum absolute atomic E-state index is 0.0970. The number of nitrogens with two attached hydrogens (primary N) is 1. The summed E-state index contributed by atoms with van der Waals surface area (Å²) < 4.78 is 0. The molecule has 0 heterocycles. The van der Waals surface area contributed by atoms with Crippen molar-refractivity contribution in [2.75, 3.05) is 0 Å². The predicted molar refractivity (Wildman–Crippen MR) is 59.3 cm³/mol. The zero-order valence-corrected chi connectivity index (χ0v) is 8.97. The third-order valence-corrected chi connectivity index (χ3v) is 1.92. The summed E-state index contributed by atoms with van der Waals surface area (Å²) in [6.07, 6.45) is 0. The molecule has 0 radical (unpaired) electrons. The second kappa shape index (κ2) is 4.97. The van der Waals surface area contributed by atoms with Gasteiger partial charge < -0.3 is 15.9 Å². The molecule has 0 aromatic heterocycles. The SMILES string of the molecule is C/C(=N/NC(=O)C(N)=O)c1ccc(O)cc1O. The van der Waals surface area contributed by atoms with Crippen molar-refractivity contribution < 1.29 is 19.8 Å². The van der Waals surface area contributed by atoms with Gasteiger partial charge in [-0.3, -0.25) is 9.59 Å². The van der Waals surface area contributed by atoms with Crippen LogP contribution in [0.4, 0.5) is 0 Å². The van der Waals surface area contributed by atoms with Crippen molar-refractivity contribution in [3.8, 4) is 11.5 Å². The second-order valence-electron chi connectivity index (χ2n) is 3.20. The molecule has 7 nitrogen and oxygen atoms in total. The van der Waals surface area contributed by atoms with E-state index < -0.39 is 11.8 Å². The number of hydrazone groups is 1. The van der Waals surface area contributed by atoms with Crippen molar-refractivity contribution in [3.05, 3.63) is 23.8 Å². The minimum atomic E-state index is -1.16. The number of aromatic hydroxyl groups is 2. The Labute approximate surface area is 96.6 Å². The molecule has 0 atom stereocenters. The lowest BCUT2D eigenvalue weighted by molar-refractivity contribution is -0.137. The molecule has 5 N–H and O–H groups in total. The van der Waals surface area contributed by atoms with Crippen LogP contribution in [-0.4, -0.2) is 27.7 Å². The fraction of sp³-hybridized carbons (Fsp3) is 0.100. The van der Waals surface area contributed by atoms with Gasteiger partial charge in [-0.2, -0.15) is 5.10 Å². The monoisotopic (exact) mass is 237 g/mol. The molecule has 90 valence electrons. The lowest BCUT2D eigenvalue weighted by Crippen LogP contribution is -2.33. The molecule has 2 amide bonds. The zero-order valence-electron chi connectivity index (χ0n) is 8.97. The molecule has 0 spiro atoms. The van der Waals surface area contributed by atoms with Crippen LogP contribution in [0, 0.1) is 0 Å². The lowest BCUT2D eigenvalue weighted by atomic mass is 10.1. The maximum atomic E-state index is 10.8. The van der Waals surface area contributed by atoms with Crippen molar-refractivity contribution in [2.45, 2.75) is 6.92 Å². The minimum Gasteiger partial charge on any atom is -0.508 e. The third-order valence-electron chi connectivity index (χ3n) is 1.92. The van der Waals surface area contributed by atoms with Crippen LogP contribution in [0.1, 0.15) is 12.5 Å². The van der Waals surface area contributed by atoms with Gasteiger partial charge in [-0.1, -0.05) is 0 Å². The van der Waals surface area contributed by atoms with Crippen LogP contribution in [0.3, 0.4) is 0 Å². The molecule has 0 bridgehead atoms. The van der Waals surface area contributed by atoms with Crippen molar-refractivity contribution in [1.82, 2.24) is 5.43 Å². The van der Waals surface area contributed by atoms with Gasteiger partial charge in [-0.25, -0.2) is 5.43 Å². The summed E-state index contributed by atoms with van der Waals surface area (Å²) in [5.74, 6) is -2.50. The van der Waals surface area contributed by atoms with Gasteiger partial charge in [0.15, 0.2) is 0 Å². The summed E-state index contributed by atoms with van der Waals surface area (Å²) in [5.41, 5.74) is 7.20. The molecule has 0 fully saturated rings. The van der Waals surface area contributed by atoms with E-state index in [0.29, 0.717) is 5.56 Å². The highest BCUT2D eigenvalue weighted by Crippen LogP contribution is 2.22. The van der Waals surface area contributed by atoms with E-state index >= 15 is 0 Å². The Hall–Kier alpha value is -2.57. The van der Waals surface area contributed by atoms with Crippen molar-refractivity contribution >= 4 is 17.5 Å². The molecule has 0 aliphatic carbocycles. The first-order chi connectivity index (χ1) is 7.91. The Kier molecular flexibility index (Phi) is 3.66. The lowest BCUT2D eigenvalue weighted by Gasteiger charge is -2.04. The van der Waals surface area contributed by atoms with Gasteiger partial charge >= 0.3 is 11.8 Å². The number of hydrogen-bond acceptors (Lipinski definition) is 5. The Balaban J connectivity index is 2.89. The number of hydrogen-bond donors (Lipinski definition) is 4. The van der Waals surface area contributed by atoms with Crippen LogP contribution in [0.25, 0.3) is 0 Å². The Morgan fingerprint density at radius 1 is 1.35 bits per heavy atom. The van der Waals surface area contributed by atoms with Crippen LogP contribution in [0.15, 0.2) is 23.3 Å². The smallest absolute Gasteiger partial charge is 0.329 e. The van der Waals surface area contributed by atoms with E-state index in [4.69, 9.17) is 10.8 Å². The summed E-state index contributed by atoms with van der Waals surface area (Å²) in [4.78, 5) is 21.2. The maximum absolute atomic E-state index is 10.8. The van der Waals surface area contributed by atoms with Crippen LogP contribution in [-0.2, 0) is 9.59 Å². The fourth-order valence-electron chi connectivity index (χ4n) is 1.08. The largest absolute Gasteiger partial charge is 0.508 e. The standard InChI is InChI=1S/C10H11N3O4/c1-5(12-13-10(17)9(11)16)7-3-2-6(14)4-8(7)15/h2-4,14-15H,1H3,(H2,11,16)(H,13,17)/b12-5-. The summed E-state index contributed by atoms with van der Waals surface area (Å²) in [7, 11) is 0. The zero-order chi connectivity index (χ0) is 13.0. The fourth-order valence-corrected chi connectivity index (χ4v) is 1.08. The number of carbonyl (C=O) groups excluding carboxylic acids is 2. The average Bonchev–Trinajstić information content (AvgIpc) is 2.25. The molecule has 0 saturated carbocycles. The quantitative estimate of drug-likeness (QED) is 0.312. The van der Waals surface area contributed by atoms with Crippen LogP contribution >= 0.6 is 0 Å². The van der Waals surface area contributed by atoms with Crippen LogP contribution in [0.5, 0.6) is 11.5 Å². The van der Waals surface area contributed by atoms with Crippen molar-refractivity contribution in [3.63, 3.8) is 0 Å². The Morgan fingerprint density at radius 2 is 2.00 bits per heavy atom. The first-order valence-electron chi connectivity index (χ1n) is 4.58. The molecule has 17 heavy (non-hydrogen) atoms. The second-order valence-corrected chi connectivity index (χ2v) is 3.20. The van der Waals surface area contributed by atoms with Gasteiger partial charge in [0.05, 0.1) is 5.71 Å². The van der Waals surface area contributed by atoms with Crippen LogP contribution < -0.4 is 11.2 Å². The number of phenols is 2. The normalized spacial score (nSPS) is 11.0. The van der Waals surface area contributed by atoms with Crippen molar-refractivity contribution in [2.24, 2.45) is 10.8 Å². The topological polar surface area (TPSA) is 125 Å². The molecule has 7 heteroatoms. The molecule has 0 aliphatic rings. The van der Waals surface area contributed by atoms with Gasteiger partial charge in [0.1, 0.15) is 11.5 Å². The molecule has 0 aliphatic heterocycles. The van der Waals surface area contributed by atoms with Gasteiger partial charge in [0.25, 0.3) is 0 Å². The average molecular weight is 237 g/mol. The number of nitrogens with one attached hydrogen (secondary N) is 1. The third kappa shape index (κ3) is 3.20. The number of phenolic OH excluding ortho intramolecular Hbond substituents is 2. The highest BCUT2D eigenvalue weighted by molar-refractivity contribution is 6.34. The number of primary amides is 1. The molecule has 1 aromatic carbocycles. The van der Waals surface area contributed by atoms with Crippen molar-refractivity contribution in [1.29, 1.82) is 0 Å². The van der Waals surface area contributed by atoms with Gasteiger partial charge in [0.2, 0.25) is 0 Å². The van der Waals surface area contributed by atoms with E-state index in [9.17, 15) is 14.7 Å². The highest BCUT2D eigenvalue weighted by atomic mass is 16.3. The molecule has 1 rings (SSSR count). The number of benzene rings is 1.